The van der Waals surface area contributed by atoms with Crippen LogP contribution in [0.5, 0.6) is 0 Å². The number of hydrogen-bond donors (Lipinski definition) is 0. The Bertz CT molecular complexity index is 533. The molecule has 0 bridgehead atoms. The maximum Gasteiger partial charge on any atom is -0.00134 e. The molecule has 4 aliphatic rings. The van der Waals surface area contributed by atoms with Gasteiger partial charge in [0.2, 0.25) is 0 Å². The highest BCUT2D eigenvalue weighted by Crippen LogP contribution is 2.63. The molecule has 2 nitrogen and oxygen atoms in total. The molecule has 4 rings (SSSR count). The van der Waals surface area contributed by atoms with E-state index in [0.717, 1.165) is 22.7 Å². The van der Waals surface area contributed by atoms with Gasteiger partial charge in [0.1, 0.15) is 0 Å². The summed E-state index contributed by atoms with van der Waals surface area (Å²) in [6.45, 7) is 19.2. The largest absolute Gasteiger partial charge is 0.306 e. The van der Waals surface area contributed by atoms with Gasteiger partial charge in [-0.3, -0.25) is 0 Å². The Labute approximate surface area is 175 Å². The van der Waals surface area contributed by atoms with Crippen molar-refractivity contribution in [1.29, 1.82) is 0 Å². The molecule has 2 heteroatoms. The van der Waals surface area contributed by atoms with E-state index in [4.69, 9.17) is 0 Å². The molecule has 2 saturated carbocycles. The van der Waals surface area contributed by atoms with Crippen LogP contribution < -0.4 is 0 Å². The van der Waals surface area contributed by atoms with Crippen LogP contribution in [0.1, 0.15) is 92.4 Å². The van der Waals surface area contributed by atoms with Gasteiger partial charge in [0.25, 0.3) is 0 Å². The first kappa shape index (κ1) is 21.2. The highest BCUT2D eigenvalue weighted by molar-refractivity contribution is 5.06. The molecular weight excluding hydrogens is 340 g/mol. The van der Waals surface area contributed by atoms with E-state index in [-0.39, 0.29) is 0 Å². The first-order valence-corrected chi connectivity index (χ1v) is 12.4. The van der Waals surface area contributed by atoms with Gasteiger partial charge in [-0.25, -0.2) is 0 Å². The quantitative estimate of drug-likeness (QED) is 0.564. The summed E-state index contributed by atoms with van der Waals surface area (Å²) in [6.07, 6.45) is 13.3. The summed E-state index contributed by atoms with van der Waals surface area (Å²) in [7, 11) is 2.30. The molecule has 2 heterocycles. The Balaban J connectivity index is 1.17. The third-order valence-corrected chi connectivity index (χ3v) is 9.75. The van der Waals surface area contributed by atoms with Crippen LogP contribution in [0.15, 0.2) is 0 Å². The summed E-state index contributed by atoms with van der Waals surface area (Å²) in [6, 6.07) is 0. The minimum Gasteiger partial charge on any atom is -0.306 e. The standard InChI is InChI=1S/C26H48N2/c1-23(2,3)21-18-25(19-21)8-15-28(16-9-25)14-7-24(4,5)17-22-20-26(22)10-12-27(6)13-11-26/h21-22H,7-20H2,1-6H3. The molecule has 0 aromatic heterocycles. The van der Waals surface area contributed by atoms with Crippen molar-refractivity contribution < 1.29 is 0 Å². The van der Waals surface area contributed by atoms with E-state index in [9.17, 15) is 0 Å². The molecule has 2 aliphatic carbocycles. The fourth-order valence-electron chi connectivity index (χ4n) is 6.88. The van der Waals surface area contributed by atoms with E-state index >= 15 is 0 Å². The van der Waals surface area contributed by atoms with E-state index in [1.54, 1.807) is 0 Å². The van der Waals surface area contributed by atoms with E-state index < -0.39 is 0 Å². The van der Waals surface area contributed by atoms with Crippen molar-refractivity contribution in [2.24, 2.45) is 33.5 Å². The van der Waals surface area contributed by atoms with Crippen LogP contribution in [-0.2, 0) is 0 Å². The van der Waals surface area contributed by atoms with Gasteiger partial charge < -0.3 is 9.80 Å². The summed E-state index contributed by atoms with van der Waals surface area (Å²) in [5.41, 5.74) is 2.55. The molecular formula is C26H48N2. The van der Waals surface area contributed by atoms with Crippen LogP contribution in [-0.4, -0.2) is 49.6 Å². The summed E-state index contributed by atoms with van der Waals surface area (Å²) in [5, 5.41) is 0. The van der Waals surface area contributed by atoms with Gasteiger partial charge in [0.05, 0.1) is 0 Å². The van der Waals surface area contributed by atoms with E-state index in [2.05, 4.69) is 51.5 Å². The third-order valence-electron chi connectivity index (χ3n) is 9.75. The molecule has 0 N–H and O–H groups in total. The van der Waals surface area contributed by atoms with Gasteiger partial charge in [-0.2, -0.15) is 0 Å². The summed E-state index contributed by atoms with van der Waals surface area (Å²) in [5.74, 6) is 2.01. The SMILES string of the molecule is CN1CCC2(CC1)CC2CC(C)(C)CCN1CCC2(CC1)CC(C(C)(C)C)C2. The average Bonchev–Trinajstić information content (AvgIpc) is 3.24. The van der Waals surface area contributed by atoms with Gasteiger partial charge in [-0.05, 0) is 131 Å². The lowest BCUT2D eigenvalue weighted by Gasteiger charge is -2.56. The van der Waals surface area contributed by atoms with Crippen molar-refractivity contribution >= 4 is 0 Å². The maximum absolute atomic E-state index is 2.80. The predicted molar refractivity (Wildman–Crippen MR) is 121 cm³/mol. The highest BCUT2D eigenvalue weighted by Gasteiger charge is 2.55. The smallest absolute Gasteiger partial charge is 0.00134 e. The van der Waals surface area contributed by atoms with Gasteiger partial charge >= 0.3 is 0 Å². The lowest BCUT2D eigenvalue weighted by Crippen LogP contribution is -2.50. The summed E-state index contributed by atoms with van der Waals surface area (Å²) in [4.78, 5) is 5.33. The summed E-state index contributed by atoms with van der Waals surface area (Å²) < 4.78 is 0. The Hall–Kier alpha value is -0.0800. The number of piperidine rings is 2. The summed E-state index contributed by atoms with van der Waals surface area (Å²) >= 11 is 0. The molecule has 1 atom stereocenters. The molecule has 28 heavy (non-hydrogen) atoms. The van der Waals surface area contributed by atoms with Crippen LogP contribution in [0, 0.1) is 33.5 Å². The molecule has 0 aromatic rings. The molecule has 0 aromatic carbocycles. The Morgan fingerprint density at radius 3 is 2.00 bits per heavy atom. The second-order valence-corrected chi connectivity index (χ2v) is 13.5. The molecule has 0 amide bonds. The zero-order valence-corrected chi connectivity index (χ0v) is 19.9. The van der Waals surface area contributed by atoms with Crippen LogP contribution in [0.2, 0.25) is 0 Å². The monoisotopic (exact) mass is 388 g/mol. The third kappa shape index (κ3) is 4.48. The average molecular weight is 389 g/mol. The van der Waals surface area contributed by atoms with Crippen LogP contribution in [0.3, 0.4) is 0 Å². The lowest BCUT2D eigenvalue weighted by molar-refractivity contribution is -0.0575. The molecule has 2 saturated heterocycles. The van der Waals surface area contributed by atoms with Crippen molar-refractivity contribution in [2.45, 2.75) is 92.4 Å². The molecule has 2 aliphatic heterocycles. The van der Waals surface area contributed by atoms with Crippen LogP contribution in [0.25, 0.3) is 0 Å². The molecule has 162 valence electrons. The van der Waals surface area contributed by atoms with Gasteiger partial charge in [-0.1, -0.05) is 34.6 Å². The van der Waals surface area contributed by atoms with Gasteiger partial charge in [0, 0.05) is 0 Å². The fraction of sp³-hybridized carbons (Fsp3) is 1.00. The molecule has 2 spiro atoms. The Morgan fingerprint density at radius 1 is 0.821 bits per heavy atom. The van der Waals surface area contributed by atoms with Crippen molar-refractivity contribution in [2.75, 3.05) is 39.8 Å². The number of hydrogen-bond acceptors (Lipinski definition) is 2. The first-order valence-electron chi connectivity index (χ1n) is 12.4. The van der Waals surface area contributed by atoms with Crippen molar-refractivity contribution in [3.05, 3.63) is 0 Å². The molecule has 4 fully saturated rings. The topological polar surface area (TPSA) is 6.48 Å². The normalized spacial score (nSPS) is 31.3. The zero-order chi connectivity index (χ0) is 20.2. The number of nitrogens with zero attached hydrogens (tertiary/aromatic N) is 2. The zero-order valence-electron chi connectivity index (χ0n) is 19.9. The maximum atomic E-state index is 2.80. The molecule has 1 unspecified atom stereocenters. The second kappa shape index (κ2) is 7.26. The number of rotatable bonds is 5. The van der Waals surface area contributed by atoms with Crippen molar-refractivity contribution in [3.63, 3.8) is 0 Å². The minimum atomic E-state index is 0.528. The second-order valence-electron chi connectivity index (χ2n) is 13.5. The fourth-order valence-corrected chi connectivity index (χ4v) is 6.88. The van der Waals surface area contributed by atoms with Crippen LogP contribution in [0.4, 0.5) is 0 Å². The van der Waals surface area contributed by atoms with Crippen molar-refractivity contribution in [1.82, 2.24) is 9.80 Å². The first-order chi connectivity index (χ1) is 13.0. The van der Waals surface area contributed by atoms with E-state index in [0.29, 0.717) is 10.8 Å². The highest BCUT2D eigenvalue weighted by atomic mass is 15.1. The van der Waals surface area contributed by atoms with Crippen molar-refractivity contribution in [3.8, 4) is 0 Å². The Kier molecular flexibility index (Phi) is 5.49. The van der Waals surface area contributed by atoms with Gasteiger partial charge in [-0.15, -0.1) is 0 Å². The lowest BCUT2D eigenvalue weighted by atomic mass is 9.52. The minimum absolute atomic E-state index is 0.528. The number of likely N-dealkylation sites (tertiary alicyclic amines) is 2. The Morgan fingerprint density at radius 2 is 1.43 bits per heavy atom. The van der Waals surface area contributed by atoms with E-state index in [1.807, 2.05) is 0 Å². The van der Waals surface area contributed by atoms with E-state index in [1.165, 1.54) is 90.5 Å². The predicted octanol–water partition coefficient (Wildman–Crippen LogP) is 6.06. The molecule has 0 radical (unpaired) electrons. The van der Waals surface area contributed by atoms with Crippen LogP contribution >= 0.6 is 0 Å². The van der Waals surface area contributed by atoms with Gasteiger partial charge in [0.15, 0.2) is 0 Å².